The van der Waals surface area contributed by atoms with Crippen molar-refractivity contribution in [3.63, 3.8) is 0 Å². The number of Topliss-reactive ketones (excluding diaryl/α,β-unsaturated/α-hetero) is 1. The molecule has 3 aliphatic carbocycles. The Morgan fingerprint density at radius 1 is 1.12 bits per heavy atom. The molecule has 4 rings (SSSR count). The van der Waals surface area contributed by atoms with E-state index in [0.29, 0.717) is 11.1 Å². The molecule has 1 aliphatic heterocycles. The van der Waals surface area contributed by atoms with E-state index in [1.54, 1.807) is 40.7 Å². The Bertz CT molecular complexity index is 1160. The van der Waals surface area contributed by atoms with Gasteiger partial charge >= 0.3 is 11.9 Å². The third kappa shape index (κ3) is 5.34. The fraction of sp³-hybridized carbons (Fsp3) is 0.767. The third-order valence-electron chi connectivity index (χ3n) is 10.3. The van der Waals surface area contributed by atoms with E-state index in [4.69, 9.17) is 14.2 Å². The van der Waals surface area contributed by atoms with E-state index in [1.165, 1.54) is 6.92 Å². The van der Waals surface area contributed by atoms with Crippen LogP contribution in [0.1, 0.15) is 74.7 Å². The number of hydrogen-bond acceptors (Lipinski definition) is 10. The quantitative estimate of drug-likeness (QED) is 0.239. The monoisotopic (exact) mass is 791 g/mol. The average molecular weight is 792 g/mol. The van der Waals surface area contributed by atoms with Gasteiger partial charge in [-0.3, -0.25) is 9.59 Å². The van der Waals surface area contributed by atoms with Crippen LogP contribution in [0.5, 0.6) is 0 Å². The van der Waals surface area contributed by atoms with Crippen molar-refractivity contribution < 1.29 is 93.1 Å². The number of allylic oxidation sites excluding steroid dienone is 1. The molecule has 0 aromatic carbocycles. The average Bonchev–Trinajstić information content (AvgIpc) is 2.84. The SMILES string of the molecule is CC(=O)O[C@H]1[C@@H]2[C@]3(O)CO[C@@H]3C[C@H](O)[C@@]2(C)C(=O)CC2=C(C)C(OC(=O)[C@H](O)[C@@H](C)C=C(C)C)C[C@]1(O)C2(C)C.[Ac]. The largest absolute Gasteiger partial charge is 0.459 e. The van der Waals surface area contributed by atoms with E-state index in [1.807, 2.05) is 13.8 Å². The van der Waals surface area contributed by atoms with E-state index < -0.39 is 76.3 Å². The van der Waals surface area contributed by atoms with Gasteiger partial charge < -0.3 is 34.6 Å². The number of rotatable bonds is 5. The predicted molar refractivity (Wildman–Crippen MR) is 143 cm³/mol. The maximum absolute atomic E-state index is 14.1. The molecule has 0 aromatic heterocycles. The summed E-state index contributed by atoms with van der Waals surface area (Å²) in [7, 11) is 0. The summed E-state index contributed by atoms with van der Waals surface area (Å²) in [4.78, 5) is 39.7. The molecule has 0 amide bonds. The summed E-state index contributed by atoms with van der Waals surface area (Å²) in [5.74, 6) is -3.73. The van der Waals surface area contributed by atoms with E-state index in [0.717, 1.165) is 5.57 Å². The van der Waals surface area contributed by atoms with Gasteiger partial charge in [-0.2, -0.15) is 0 Å². The minimum atomic E-state index is -1.94. The van der Waals surface area contributed by atoms with Crippen LogP contribution in [-0.4, -0.2) is 86.5 Å². The van der Waals surface area contributed by atoms with E-state index in [9.17, 15) is 34.8 Å². The van der Waals surface area contributed by atoms with Gasteiger partial charge in [0.15, 0.2) is 6.10 Å². The molecule has 227 valence electrons. The van der Waals surface area contributed by atoms with Gasteiger partial charge in [0.05, 0.1) is 24.2 Å². The molecular weight excluding hydrogens is 747 g/mol. The van der Waals surface area contributed by atoms with Crippen LogP contribution in [0.25, 0.3) is 0 Å². The molecule has 0 aromatic rings. The number of carbonyl (C=O) groups is 3. The second-order valence-corrected chi connectivity index (χ2v) is 13.3. The fourth-order valence-electron chi connectivity index (χ4n) is 7.66. The van der Waals surface area contributed by atoms with Crippen molar-refractivity contribution in [2.45, 2.75) is 116 Å². The van der Waals surface area contributed by atoms with Crippen LogP contribution >= 0.6 is 0 Å². The summed E-state index contributed by atoms with van der Waals surface area (Å²) in [6.45, 7) is 13.2. The summed E-state index contributed by atoms with van der Waals surface area (Å²) in [5, 5.41) is 46.4. The first-order valence-electron chi connectivity index (χ1n) is 14.0. The minimum Gasteiger partial charge on any atom is -0.459 e. The van der Waals surface area contributed by atoms with E-state index in [-0.39, 0.29) is 75.7 Å². The maximum atomic E-state index is 14.1. The zero-order chi connectivity index (χ0) is 30.2. The van der Waals surface area contributed by atoms with Crippen molar-refractivity contribution in [1.82, 2.24) is 0 Å². The van der Waals surface area contributed by atoms with Gasteiger partial charge in [-0.25, -0.2) is 4.79 Å². The van der Waals surface area contributed by atoms with Crippen LogP contribution in [0.4, 0.5) is 0 Å². The number of carbonyl (C=O) groups excluding carboxylic acids is 3. The topological polar surface area (TPSA) is 160 Å². The number of esters is 2. The summed E-state index contributed by atoms with van der Waals surface area (Å²) in [6.07, 6.45) is -4.62. The Balaban J connectivity index is 0.00000462. The third-order valence-corrected chi connectivity index (χ3v) is 10.3. The molecule has 2 saturated carbocycles. The predicted octanol–water partition coefficient (Wildman–Crippen LogP) is 1.76. The number of aliphatic hydroxyl groups excluding tert-OH is 2. The zero-order valence-corrected chi connectivity index (χ0v) is 30.0. The fourth-order valence-corrected chi connectivity index (χ4v) is 7.66. The number of ether oxygens (including phenoxy) is 3. The van der Waals surface area contributed by atoms with Crippen molar-refractivity contribution in [2.75, 3.05) is 6.61 Å². The Hall–Kier alpha value is -0.668. The van der Waals surface area contributed by atoms with Gasteiger partial charge in [0.25, 0.3) is 0 Å². The molecule has 1 unspecified atom stereocenters. The minimum absolute atomic E-state index is 0. The number of fused-ring (bicyclic) bond motifs is 5. The molecule has 1 radical (unpaired) electrons. The van der Waals surface area contributed by atoms with E-state index >= 15 is 0 Å². The standard InChI is InChI=1S/C30H44O10.Ac/c1-14(2)9-15(3)23(34)26(35)40-19-12-30(37)25(39-17(5)31)24-28(8,21(33)11-22-29(24,36)13-38-22)20(32)10-18(16(19)4)27(30,6)7;/h9,15,19,21-25,33-34,36-37H,10-13H2,1-8H3;/t15-,19?,21-,22+,23+,24-,25-,28+,29-,30+;/m0./s1. The van der Waals surface area contributed by atoms with Crippen LogP contribution in [0, 0.1) is 66.7 Å². The molecule has 1 saturated heterocycles. The molecule has 1 heterocycles. The van der Waals surface area contributed by atoms with Gasteiger partial charge in [0.2, 0.25) is 0 Å². The first-order chi connectivity index (χ1) is 18.3. The molecule has 3 fully saturated rings. The smallest absolute Gasteiger partial charge is 0.336 e. The van der Waals surface area contributed by atoms with E-state index in [2.05, 4.69) is 0 Å². The Labute approximate surface area is 277 Å². The number of hydrogen-bond donors (Lipinski definition) is 4. The Morgan fingerprint density at radius 3 is 2.24 bits per heavy atom. The molecule has 11 heteroatoms. The van der Waals surface area contributed by atoms with Gasteiger partial charge in [-0.1, -0.05) is 38.0 Å². The van der Waals surface area contributed by atoms with Gasteiger partial charge in [-0.05, 0) is 33.3 Å². The number of aliphatic hydroxyl groups is 4. The van der Waals surface area contributed by atoms with Crippen molar-refractivity contribution in [2.24, 2.45) is 22.7 Å². The normalized spacial score (nSPS) is 40.7. The molecule has 41 heavy (non-hydrogen) atoms. The van der Waals surface area contributed by atoms with Crippen molar-refractivity contribution in [3.05, 3.63) is 22.8 Å². The first-order valence-corrected chi connectivity index (χ1v) is 14.0. The van der Waals surface area contributed by atoms with Crippen LogP contribution < -0.4 is 0 Å². The van der Waals surface area contributed by atoms with Gasteiger partial charge in [-0.15, -0.1) is 0 Å². The second-order valence-electron chi connectivity index (χ2n) is 13.3. The van der Waals surface area contributed by atoms with Crippen molar-refractivity contribution >= 4 is 17.7 Å². The molecule has 4 N–H and O–H groups in total. The summed E-state index contributed by atoms with van der Waals surface area (Å²) < 4.78 is 17.2. The van der Waals surface area contributed by atoms with Gasteiger partial charge in [0, 0.05) is 87.5 Å². The molecular formula is C30H44AcO10. The number of ketones is 1. The zero-order valence-electron chi connectivity index (χ0n) is 25.3. The maximum Gasteiger partial charge on any atom is 0.336 e. The van der Waals surface area contributed by atoms with Crippen molar-refractivity contribution in [1.29, 1.82) is 0 Å². The summed E-state index contributed by atoms with van der Waals surface area (Å²) >= 11 is 0. The van der Waals surface area contributed by atoms with Crippen LogP contribution in [0.2, 0.25) is 0 Å². The van der Waals surface area contributed by atoms with Gasteiger partial charge in [0.1, 0.15) is 29.2 Å². The molecule has 4 aliphatic rings. The van der Waals surface area contributed by atoms with Crippen LogP contribution in [-0.2, 0) is 28.6 Å². The first kappa shape index (κ1) is 34.8. The second kappa shape index (κ2) is 11.7. The summed E-state index contributed by atoms with van der Waals surface area (Å²) in [5.41, 5.74) is -4.34. The summed E-state index contributed by atoms with van der Waals surface area (Å²) in [6, 6.07) is 0. The molecule has 10 nitrogen and oxygen atoms in total. The van der Waals surface area contributed by atoms with Crippen molar-refractivity contribution in [3.8, 4) is 0 Å². The molecule has 0 spiro atoms. The Kier molecular flexibility index (Phi) is 9.92. The van der Waals surface area contributed by atoms with Crippen LogP contribution in [0.15, 0.2) is 22.8 Å². The molecule has 2 bridgehead atoms. The Morgan fingerprint density at radius 2 is 1.73 bits per heavy atom. The molecule has 10 atom stereocenters. The van der Waals surface area contributed by atoms with Crippen LogP contribution in [0.3, 0.4) is 0 Å².